The van der Waals surface area contributed by atoms with E-state index in [-0.39, 0.29) is 6.10 Å². The quantitative estimate of drug-likeness (QED) is 0.654. The molecule has 0 aromatic rings. The molecule has 0 aromatic carbocycles. The molecule has 1 heteroatoms. The van der Waals surface area contributed by atoms with Gasteiger partial charge in [-0.3, -0.25) is 0 Å². The smallest absolute Gasteiger partial charge is 0.0580 e. The number of rotatable bonds is 3. The predicted octanol–water partition coefficient (Wildman–Crippen LogP) is 5.79. The summed E-state index contributed by atoms with van der Waals surface area (Å²) < 4.78 is 0. The summed E-state index contributed by atoms with van der Waals surface area (Å²) in [6.45, 7) is 4.91. The largest absolute Gasteiger partial charge is 0.393 e. The van der Waals surface area contributed by atoms with Crippen LogP contribution in [-0.2, 0) is 0 Å². The summed E-state index contributed by atoms with van der Waals surface area (Å²) in [4.78, 5) is 0. The van der Waals surface area contributed by atoms with Crippen molar-refractivity contribution in [3.63, 3.8) is 0 Å². The summed E-state index contributed by atoms with van der Waals surface area (Å²) in [5.74, 6) is 2.70. The van der Waals surface area contributed by atoms with Gasteiger partial charge in [-0.05, 0) is 87.4 Å². The summed E-state index contributed by atoms with van der Waals surface area (Å²) in [5.41, 5.74) is 5.78. The number of hydrogen-bond acceptors (Lipinski definition) is 1. The Bertz CT molecular complexity index is 528. The van der Waals surface area contributed by atoms with Crippen LogP contribution in [0.15, 0.2) is 22.8 Å². The maximum Gasteiger partial charge on any atom is 0.0580 e. The van der Waals surface area contributed by atoms with Crippen molar-refractivity contribution in [1.29, 1.82) is 0 Å². The second-order valence-electron chi connectivity index (χ2n) is 8.97. The van der Waals surface area contributed by atoms with Crippen LogP contribution in [0.4, 0.5) is 0 Å². The molecule has 0 spiro atoms. The predicted molar refractivity (Wildman–Crippen MR) is 96.2 cm³/mol. The zero-order chi connectivity index (χ0) is 16.0. The Morgan fingerprint density at radius 2 is 2.09 bits per heavy atom. The summed E-state index contributed by atoms with van der Waals surface area (Å²) in [6.07, 6.45) is 16.7. The van der Waals surface area contributed by atoms with Gasteiger partial charge in [0.25, 0.3) is 0 Å². The van der Waals surface area contributed by atoms with Crippen LogP contribution in [0.3, 0.4) is 0 Å². The molecule has 4 aliphatic carbocycles. The highest BCUT2D eigenvalue weighted by Gasteiger charge is 2.51. The highest BCUT2D eigenvalue weighted by molar-refractivity contribution is 5.31. The molecule has 0 aromatic heterocycles. The fourth-order valence-corrected chi connectivity index (χ4v) is 6.60. The molecule has 4 rings (SSSR count). The van der Waals surface area contributed by atoms with Crippen LogP contribution in [-0.4, -0.2) is 11.2 Å². The van der Waals surface area contributed by atoms with E-state index in [9.17, 15) is 5.11 Å². The maximum atomic E-state index is 10.0. The average molecular weight is 315 g/mol. The first kappa shape index (κ1) is 15.9. The topological polar surface area (TPSA) is 20.2 Å². The van der Waals surface area contributed by atoms with Crippen LogP contribution in [0.25, 0.3) is 0 Å². The minimum atomic E-state index is -0.0482. The van der Waals surface area contributed by atoms with Gasteiger partial charge in [-0.15, -0.1) is 0 Å². The lowest BCUT2D eigenvalue weighted by Crippen LogP contribution is -2.43. The van der Waals surface area contributed by atoms with Crippen molar-refractivity contribution in [2.75, 3.05) is 0 Å². The van der Waals surface area contributed by atoms with Crippen LogP contribution >= 0.6 is 0 Å². The Hall–Kier alpha value is -0.560. The number of unbranched alkanes of at least 4 members (excludes halogenated alkanes) is 1. The van der Waals surface area contributed by atoms with Crippen LogP contribution < -0.4 is 0 Å². The summed E-state index contributed by atoms with van der Waals surface area (Å²) in [5, 5.41) is 10.0. The van der Waals surface area contributed by atoms with Crippen molar-refractivity contribution in [2.45, 2.75) is 90.6 Å². The summed E-state index contributed by atoms with van der Waals surface area (Å²) in [7, 11) is 0. The number of aliphatic hydroxyl groups excluding tert-OH is 1. The van der Waals surface area contributed by atoms with Crippen LogP contribution in [0.2, 0.25) is 0 Å². The van der Waals surface area contributed by atoms with E-state index >= 15 is 0 Å². The third-order valence-corrected chi connectivity index (χ3v) is 7.89. The lowest BCUT2D eigenvalue weighted by atomic mass is 9.53. The van der Waals surface area contributed by atoms with Gasteiger partial charge in [0.1, 0.15) is 0 Å². The molecular formula is C22H34O. The van der Waals surface area contributed by atoms with E-state index in [1.807, 2.05) is 5.57 Å². The van der Waals surface area contributed by atoms with Crippen molar-refractivity contribution in [3.05, 3.63) is 22.8 Å². The molecule has 5 unspecified atom stereocenters. The SMILES string of the molecule is CCCCC1=CCC2C3CCC4=C(CCC(O)C4)C3CCC12C. The minimum Gasteiger partial charge on any atom is -0.393 e. The lowest BCUT2D eigenvalue weighted by Gasteiger charge is -2.52. The number of fused-ring (bicyclic) bond motifs is 4. The molecule has 4 aliphatic rings. The Morgan fingerprint density at radius 3 is 2.91 bits per heavy atom. The fourth-order valence-electron chi connectivity index (χ4n) is 6.60. The van der Waals surface area contributed by atoms with E-state index in [2.05, 4.69) is 19.9 Å². The van der Waals surface area contributed by atoms with Crippen molar-refractivity contribution in [2.24, 2.45) is 23.2 Å². The Balaban J connectivity index is 1.55. The zero-order valence-corrected chi connectivity index (χ0v) is 15.1. The zero-order valence-electron chi connectivity index (χ0n) is 15.1. The number of allylic oxidation sites excluding steroid dienone is 3. The molecule has 0 radical (unpaired) electrons. The first-order valence-electron chi connectivity index (χ1n) is 10.2. The Kier molecular flexibility index (Phi) is 4.20. The van der Waals surface area contributed by atoms with E-state index < -0.39 is 0 Å². The van der Waals surface area contributed by atoms with Gasteiger partial charge in [-0.2, -0.15) is 0 Å². The van der Waals surface area contributed by atoms with Crippen molar-refractivity contribution in [1.82, 2.24) is 0 Å². The standard InChI is InChI=1S/C22H34O/c1-3-4-5-16-7-11-21-20-9-6-15-14-17(23)8-10-18(15)19(20)12-13-22(16,21)2/h7,17,19-21,23H,3-6,8-14H2,1-2H3. The third kappa shape index (κ3) is 2.54. The molecule has 128 valence electrons. The lowest BCUT2D eigenvalue weighted by molar-refractivity contribution is 0.0478. The molecule has 0 amide bonds. The summed E-state index contributed by atoms with van der Waals surface area (Å²) >= 11 is 0. The van der Waals surface area contributed by atoms with Crippen LogP contribution in [0.1, 0.15) is 84.5 Å². The van der Waals surface area contributed by atoms with Gasteiger partial charge < -0.3 is 5.11 Å². The molecule has 0 aliphatic heterocycles. The van der Waals surface area contributed by atoms with Gasteiger partial charge in [0.15, 0.2) is 0 Å². The molecule has 1 saturated carbocycles. The highest BCUT2D eigenvalue weighted by atomic mass is 16.3. The normalized spacial score (nSPS) is 42.8. The summed E-state index contributed by atoms with van der Waals surface area (Å²) in [6, 6.07) is 0. The van der Waals surface area contributed by atoms with Gasteiger partial charge in [-0.25, -0.2) is 0 Å². The fraction of sp³-hybridized carbons (Fsp3) is 0.818. The average Bonchev–Trinajstić information content (AvgIpc) is 2.89. The second kappa shape index (κ2) is 6.06. The van der Waals surface area contributed by atoms with Crippen molar-refractivity contribution >= 4 is 0 Å². The maximum absolute atomic E-state index is 10.0. The minimum absolute atomic E-state index is 0.0482. The van der Waals surface area contributed by atoms with E-state index in [1.165, 1.54) is 57.8 Å². The van der Waals surface area contributed by atoms with E-state index in [4.69, 9.17) is 0 Å². The van der Waals surface area contributed by atoms with E-state index in [0.29, 0.717) is 5.41 Å². The van der Waals surface area contributed by atoms with Crippen molar-refractivity contribution in [3.8, 4) is 0 Å². The molecule has 1 nitrogen and oxygen atoms in total. The number of hydrogen-bond donors (Lipinski definition) is 1. The molecule has 5 atom stereocenters. The molecule has 1 N–H and O–H groups in total. The monoisotopic (exact) mass is 314 g/mol. The van der Waals surface area contributed by atoms with Crippen molar-refractivity contribution < 1.29 is 5.11 Å². The Labute approximate surface area is 142 Å². The molecule has 1 fully saturated rings. The van der Waals surface area contributed by atoms with Gasteiger partial charge in [0.2, 0.25) is 0 Å². The second-order valence-corrected chi connectivity index (χ2v) is 8.97. The van der Waals surface area contributed by atoms with E-state index in [0.717, 1.165) is 30.6 Å². The number of aliphatic hydroxyl groups is 1. The molecule has 0 bridgehead atoms. The third-order valence-electron chi connectivity index (χ3n) is 7.89. The first-order chi connectivity index (χ1) is 11.1. The molecule has 23 heavy (non-hydrogen) atoms. The first-order valence-corrected chi connectivity index (χ1v) is 10.2. The highest BCUT2D eigenvalue weighted by Crippen LogP contribution is 2.61. The van der Waals surface area contributed by atoms with Gasteiger partial charge in [-0.1, -0.05) is 43.1 Å². The molecule has 0 heterocycles. The van der Waals surface area contributed by atoms with E-state index in [1.54, 1.807) is 11.1 Å². The van der Waals surface area contributed by atoms with Crippen LogP contribution in [0.5, 0.6) is 0 Å². The Morgan fingerprint density at radius 1 is 1.22 bits per heavy atom. The van der Waals surface area contributed by atoms with Gasteiger partial charge in [0.05, 0.1) is 6.10 Å². The molecular weight excluding hydrogens is 280 g/mol. The molecule has 0 saturated heterocycles. The van der Waals surface area contributed by atoms with Crippen LogP contribution in [0, 0.1) is 23.2 Å². The van der Waals surface area contributed by atoms with Gasteiger partial charge in [0, 0.05) is 0 Å². The van der Waals surface area contributed by atoms with Gasteiger partial charge >= 0.3 is 0 Å².